The van der Waals surface area contributed by atoms with Gasteiger partial charge in [0, 0.05) is 23.3 Å². The van der Waals surface area contributed by atoms with Crippen LogP contribution in [0, 0.1) is 12.8 Å². The van der Waals surface area contributed by atoms with Crippen LogP contribution in [0.25, 0.3) is 0 Å². The molecule has 2 unspecified atom stereocenters. The molecule has 1 aliphatic rings. The average Bonchev–Trinajstić information content (AvgIpc) is 2.77. The number of benzene rings is 2. The summed E-state index contributed by atoms with van der Waals surface area (Å²) < 4.78 is 6.74. The molecule has 2 atom stereocenters. The average molecular weight is 478 g/mol. The molecule has 0 saturated carbocycles. The topological polar surface area (TPSA) is 21.3 Å². The van der Waals surface area contributed by atoms with E-state index in [-0.39, 0.29) is 10.8 Å². The Hall–Kier alpha value is -1.89. The molecule has 2 nitrogen and oxygen atoms in total. The van der Waals surface area contributed by atoms with Crippen molar-refractivity contribution in [1.29, 1.82) is 0 Å². The molecule has 1 N–H and O–H groups in total. The van der Waals surface area contributed by atoms with Crippen LogP contribution >= 0.6 is 8.58 Å². The van der Waals surface area contributed by atoms with E-state index in [4.69, 9.17) is 4.74 Å². The van der Waals surface area contributed by atoms with Crippen molar-refractivity contribution in [2.75, 3.05) is 13.2 Å². The van der Waals surface area contributed by atoms with Gasteiger partial charge >= 0.3 is 0 Å². The van der Waals surface area contributed by atoms with Gasteiger partial charge in [0.25, 0.3) is 0 Å². The molecule has 0 aliphatic heterocycles. The van der Waals surface area contributed by atoms with Crippen molar-refractivity contribution in [2.45, 2.75) is 79.2 Å². The number of aryl methyl sites for hydroxylation is 1. The molecule has 1 aliphatic carbocycles. The van der Waals surface area contributed by atoms with E-state index < -0.39 is 0 Å². The molecular formula is C31H44NOP. The monoisotopic (exact) mass is 477 g/mol. The minimum atomic E-state index is -0.00351. The molecule has 2 aromatic carbocycles. The maximum Gasteiger partial charge on any atom is 0.130 e. The Kier molecular flexibility index (Phi) is 8.82. The van der Waals surface area contributed by atoms with E-state index in [9.17, 15) is 0 Å². The summed E-state index contributed by atoms with van der Waals surface area (Å²) in [5.41, 5.74) is 5.53. The van der Waals surface area contributed by atoms with Gasteiger partial charge in [-0.2, -0.15) is 0 Å². The SMILES string of the molecule is CCNCc1cccc(C)c1Pc1cc(C(C)(C)C)cc(C(C)(C)C)c1OCC1C=CC=CC1. The van der Waals surface area contributed by atoms with Crippen LogP contribution in [0.15, 0.2) is 54.6 Å². The largest absolute Gasteiger partial charge is 0.492 e. The summed E-state index contributed by atoms with van der Waals surface area (Å²) >= 11 is 0. The molecule has 0 spiro atoms. The van der Waals surface area contributed by atoms with Gasteiger partial charge in [0.15, 0.2) is 0 Å². The van der Waals surface area contributed by atoms with Crippen molar-refractivity contribution in [1.82, 2.24) is 5.32 Å². The first-order chi connectivity index (χ1) is 16.0. The predicted octanol–water partition coefficient (Wildman–Crippen LogP) is 6.84. The number of ether oxygens (including phenoxy) is 1. The number of hydrogen-bond acceptors (Lipinski definition) is 2. The van der Waals surface area contributed by atoms with Crippen LogP contribution in [-0.4, -0.2) is 13.2 Å². The van der Waals surface area contributed by atoms with E-state index in [0.29, 0.717) is 21.1 Å². The first-order valence-electron chi connectivity index (χ1n) is 12.7. The van der Waals surface area contributed by atoms with E-state index >= 15 is 0 Å². The summed E-state index contributed by atoms with van der Waals surface area (Å²) in [6.07, 6.45) is 9.84. The van der Waals surface area contributed by atoms with Crippen LogP contribution in [0.4, 0.5) is 0 Å². The quantitative estimate of drug-likeness (QED) is 0.420. The highest BCUT2D eigenvalue weighted by Gasteiger charge is 2.27. The maximum absolute atomic E-state index is 6.74. The molecular weight excluding hydrogens is 433 g/mol. The second-order valence-electron chi connectivity index (χ2n) is 11.5. The maximum atomic E-state index is 6.74. The molecule has 2 aromatic rings. The van der Waals surface area contributed by atoms with Crippen LogP contribution in [-0.2, 0) is 17.4 Å². The van der Waals surface area contributed by atoms with Gasteiger partial charge in [0.1, 0.15) is 5.75 Å². The van der Waals surface area contributed by atoms with Gasteiger partial charge in [-0.15, -0.1) is 0 Å². The van der Waals surface area contributed by atoms with Crippen molar-refractivity contribution < 1.29 is 4.74 Å². The zero-order valence-electron chi connectivity index (χ0n) is 22.5. The van der Waals surface area contributed by atoms with Crippen LogP contribution < -0.4 is 20.7 Å². The highest BCUT2D eigenvalue weighted by Crippen LogP contribution is 2.38. The highest BCUT2D eigenvalue weighted by atomic mass is 31.1. The fourth-order valence-corrected chi connectivity index (χ4v) is 5.69. The molecule has 0 bridgehead atoms. The van der Waals surface area contributed by atoms with Crippen molar-refractivity contribution in [2.24, 2.45) is 5.92 Å². The Morgan fingerprint density at radius 3 is 2.41 bits per heavy atom. The van der Waals surface area contributed by atoms with E-state index in [0.717, 1.165) is 25.3 Å². The van der Waals surface area contributed by atoms with Crippen LogP contribution in [0.2, 0.25) is 0 Å². The first-order valence-corrected chi connectivity index (χ1v) is 13.7. The highest BCUT2D eigenvalue weighted by molar-refractivity contribution is 7.56. The third-order valence-electron chi connectivity index (χ3n) is 6.46. The summed E-state index contributed by atoms with van der Waals surface area (Å²) in [6, 6.07) is 11.5. The lowest BCUT2D eigenvalue weighted by molar-refractivity contribution is 0.271. The van der Waals surface area contributed by atoms with Gasteiger partial charge < -0.3 is 10.1 Å². The van der Waals surface area contributed by atoms with Crippen molar-refractivity contribution >= 4 is 19.2 Å². The minimum Gasteiger partial charge on any atom is -0.492 e. The van der Waals surface area contributed by atoms with Gasteiger partial charge in [-0.1, -0.05) is 106 Å². The van der Waals surface area contributed by atoms with Crippen molar-refractivity contribution in [3.05, 3.63) is 76.9 Å². The van der Waals surface area contributed by atoms with E-state index in [2.05, 4.69) is 115 Å². The molecule has 34 heavy (non-hydrogen) atoms. The van der Waals surface area contributed by atoms with Gasteiger partial charge in [0.2, 0.25) is 0 Å². The van der Waals surface area contributed by atoms with Crippen molar-refractivity contribution in [3.63, 3.8) is 0 Å². The lowest BCUT2D eigenvalue weighted by Gasteiger charge is -2.30. The Morgan fingerprint density at radius 2 is 1.79 bits per heavy atom. The zero-order valence-corrected chi connectivity index (χ0v) is 23.5. The summed E-state index contributed by atoms with van der Waals surface area (Å²) in [5, 5.41) is 6.31. The standard InChI is InChI=1S/C31H44NOP/c1-9-32-20-24-17-13-14-22(2)29(24)34-27-19-25(30(3,4)5)18-26(31(6,7)8)28(27)33-21-23-15-11-10-12-16-23/h10-15,17-19,23,32,34H,9,16,20-21H2,1-8H3. The second kappa shape index (κ2) is 11.2. The van der Waals surface area contributed by atoms with Gasteiger partial charge in [-0.3, -0.25) is 0 Å². The van der Waals surface area contributed by atoms with Gasteiger partial charge in [-0.05, 0) is 58.8 Å². The molecule has 0 heterocycles. The fraction of sp³-hybridized carbons (Fsp3) is 0.484. The second-order valence-corrected chi connectivity index (χ2v) is 12.8. The third-order valence-corrected chi connectivity index (χ3v) is 8.06. The van der Waals surface area contributed by atoms with Crippen LogP contribution in [0.5, 0.6) is 5.75 Å². The van der Waals surface area contributed by atoms with E-state index in [1.54, 1.807) is 0 Å². The van der Waals surface area contributed by atoms with Gasteiger partial charge in [0.05, 0.1) is 6.61 Å². The first kappa shape index (κ1) is 26.7. The predicted molar refractivity (Wildman–Crippen MR) is 152 cm³/mol. The summed E-state index contributed by atoms with van der Waals surface area (Å²) in [6.45, 7) is 20.9. The minimum absolute atomic E-state index is 0.00351. The van der Waals surface area contributed by atoms with E-state index in [1.807, 2.05) is 0 Å². The lowest BCUT2D eigenvalue weighted by atomic mass is 9.80. The normalized spacial score (nSPS) is 16.5. The molecule has 0 fully saturated rings. The third kappa shape index (κ3) is 6.83. The Labute approximate surface area is 210 Å². The van der Waals surface area contributed by atoms with Crippen molar-refractivity contribution in [3.8, 4) is 5.75 Å². The molecule has 3 rings (SSSR count). The summed E-state index contributed by atoms with van der Waals surface area (Å²) in [4.78, 5) is 0. The van der Waals surface area contributed by atoms with Crippen LogP contribution in [0.1, 0.15) is 77.1 Å². The summed E-state index contributed by atoms with van der Waals surface area (Å²) in [7, 11) is 0.557. The lowest BCUT2D eigenvalue weighted by Crippen LogP contribution is -2.25. The Balaban J connectivity index is 2.11. The number of nitrogens with one attached hydrogen (secondary N) is 1. The van der Waals surface area contributed by atoms with Crippen LogP contribution in [0.3, 0.4) is 0 Å². The molecule has 0 radical (unpaired) electrons. The Morgan fingerprint density at radius 1 is 1.03 bits per heavy atom. The number of hydrogen-bond donors (Lipinski definition) is 1. The van der Waals surface area contributed by atoms with Gasteiger partial charge in [-0.25, -0.2) is 0 Å². The summed E-state index contributed by atoms with van der Waals surface area (Å²) in [5.74, 6) is 1.53. The molecule has 0 amide bonds. The molecule has 0 aromatic heterocycles. The molecule has 0 saturated heterocycles. The Bertz CT molecular complexity index is 1040. The molecule has 3 heteroatoms. The molecule has 184 valence electrons. The fourth-order valence-electron chi connectivity index (χ4n) is 4.26. The number of allylic oxidation sites excluding steroid dienone is 3. The smallest absolute Gasteiger partial charge is 0.130 e. The number of rotatable bonds is 8. The van der Waals surface area contributed by atoms with E-state index in [1.165, 1.54) is 32.9 Å². The zero-order chi connectivity index (χ0) is 24.9.